The first-order chi connectivity index (χ1) is 10.2. The largest absolute Gasteiger partial charge is 0.493 e. The Balaban J connectivity index is 2.01. The molecule has 1 unspecified atom stereocenters. The molecule has 0 aliphatic carbocycles. The van der Waals surface area contributed by atoms with E-state index in [1.165, 1.54) is 16.7 Å². The number of aryl methyl sites for hydroxylation is 1. The Hall–Kier alpha value is -0.840. The number of fused-ring (bicyclic) bond motifs is 1. The van der Waals surface area contributed by atoms with Gasteiger partial charge in [-0.3, -0.25) is 0 Å². The van der Waals surface area contributed by atoms with Gasteiger partial charge in [0.25, 0.3) is 0 Å². The van der Waals surface area contributed by atoms with Gasteiger partial charge in [-0.1, -0.05) is 44.0 Å². The van der Waals surface area contributed by atoms with Crippen LogP contribution in [-0.4, -0.2) is 13.7 Å². The SMILES string of the molecule is CNC(c1ccc2c(c1)CCCO2)c1cc(Br)ccc1Br. The number of ether oxygens (including phenoxy) is 1. The van der Waals surface area contributed by atoms with E-state index in [1.807, 2.05) is 13.1 Å². The van der Waals surface area contributed by atoms with Crippen LogP contribution in [0.3, 0.4) is 0 Å². The lowest BCUT2D eigenvalue weighted by Gasteiger charge is -2.23. The molecule has 2 nitrogen and oxygen atoms in total. The summed E-state index contributed by atoms with van der Waals surface area (Å²) in [5.74, 6) is 1.04. The van der Waals surface area contributed by atoms with Crippen LogP contribution in [0, 0.1) is 0 Å². The summed E-state index contributed by atoms with van der Waals surface area (Å²) in [6.07, 6.45) is 2.19. The molecule has 0 saturated heterocycles. The van der Waals surface area contributed by atoms with Crippen LogP contribution in [0.1, 0.15) is 29.2 Å². The number of halogens is 2. The van der Waals surface area contributed by atoms with E-state index in [2.05, 4.69) is 67.5 Å². The van der Waals surface area contributed by atoms with Gasteiger partial charge in [0.05, 0.1) is 12.6 Å². The fraction of sp³-hybridized carbons (Fsp3) is 0.294. The summed E-state index contributed by atoms with van der Waals surface area (Å²) < 4.78 is 7.90. The van der Waals surface area contributed by atoms with Crippen LogP contribution in [0.15, 0.2) is 45.3 Å². The van der Waals surface area contributed by atoms with E-state index < -0.39 is 0 Å². The molecule has 1 N–H and O–H groups in total. The summed E-state index contributed by atoms with van der Waals surface area (Å²) in [5, 5.41) is 3.42. The quantitative estimate of drug-likeness (QED) is 0.781. The highest BCUT2D eigenvalue weighted by molar-refractivity contribution is 9.11. The van der Waals surface area contributed by atoms with Gasteiger partial charge >= 0.3 is 0 Å². The molecule has 0 bridgehead atoms. The van der Waals surface area contributed by atoms with Gasteiger partial charge in [-0.15, -0.1) is 0 Å². The Morgan fingerprint density at radius 1 is 1.14 bits per heavy atom. The normalized spacial score (nSPS) is 15.2. The minimum Gasteiger partial charge on any atom is -0.493 e. The van der Waals surface area contributed by atoms with E-state index in [1.54, 1.807) is 0 Å². The second-order valence-electron chi connectivity index (χ2n) is 5.21. The lowest BCUT2D eigenvalue weighted by molar-refractivity contribution is 0.288. The standard InChI is InChI=1S/C17H17Br2NO/c1-20-17(14-10-13(18)5-6-15(14)19)12-4-7-16-11(9-12)3-2-8-21-16/h4-7,9-10,17,20H,2-3,8H2,1H3. The second kappa shape index (κ2) is 6.51. The molecule has 4 heteroatoms. The van der Waals surface area contributed by atoms with Crippen LogP contribution in [0.4, 0.5) is 0 Å². The summed E-state index contributed by atoms with van der Waals surface area (Å²) in [6.45, 7) is 0.832. The van der Waals surface area contributed by atoms with E-state index in [9.17, 15) is 0 Å². The van der Waals surface area contributed by atoms with Gasteiger partial charge in [0.2, 0.25) is 0 Å². The van der Waals surface area contributed by atoms with Crippen LogP contribution < -0.4 is 10.1 Å². The monoisotopic (exact) mass is 409 g/mol. The molecule has 0 amide bonds. The van der Waals surface area contributed by atoms with Gasteiger partial charge in [-0.2, -0.15) is 0 Å². The fourth-order valence-corrected chi connectivity index (χ4v) is 3.65. The number of rotatable bonds is 3. The summed E-state index contributed by atoms with van der Waals surface area (Å²) in [6, 6.07) is 12.9. The molecule has 21 heavy (non-hydrogen) atoms. The zero-order chi connectivity index (χ0) is 14.8. The maximum atomic E-state index is 5.70. The smallest absolute Gasteiger partial charge is 0.122 e. The summed E-state index contributed by atoms with van der Waals surface area (Å²) in [5.41, 5.74) is 3.80. The highest BCUT2D eigenvalue weighted by Gasteiger charge is 2.18. The number of nitrogens with one attached hydrogen (secondary N) is 1. The Morgan fingerprint density at radius 3 is 2.81 bits per heavy atom. The van der Waals surface area contributed by atoms with E-state index >= 15 is 0 Å². The topological polar surface area (TPSA) is 21.3 Å². The van der Waals surface area contributed by atoms with Crippen molar-refractivity contribution in [2.24, 2.45) is 0 Å². The maximum absolute atomic E-state index is 5.70. The van der Waals surface area contributed by atoms with Gasteiger partial charge in [0.1, 0.15) is 5.75 Å². The van der Waals surface area contributed by atoms with E-state index in [0.29, 0.717) is 0 Å². The third-order valence-corrected chi connectivity index (χ3v) is 5.04. The first kappa shape index (κ1) is 15.1. The molecular formula is C17H17Br2NO. The molecule has 2 aromatic rings. The van der Waals surface area contributed by atoms with Gasteiger partial charge in [0.15, 0.2) is 0 Å². The van der Waals surface area contributed by atoms with Gasteiger partial charge < -0.3 is 10.1 Å². The van der Waals surface area contributed by atoms with E-state index in [0.717, 1.165) is 34.1 Å². The van der Waals surface area contributed by atoms with Crippen LogP contribution in [-0.2, 0) is 6.42 Å². The Kier molecular flexibility index (Phi) is 4.67. The highest BCUT2D eigenvalue weighted by Crippen LogP contribution is 2.34. The molecule has 3 rings (SSSR count). The van der Waals surface area contributed by atoms with Crippen molar-refractivity contribution in [2.75, 3.05) is 13.7 Å². The molecule has 0 fully saturated rings. The number of hydrogen-bond acceptors (Lipinski definition) is 2. The zero-order valence-corrected chi connectivity index (χ0v) is 15.0. The Morgan fingerprint density at radius 2 is 2.00 bits per heavy atom. The Labute approximate surface area is 142 Å². The summed E-state index contributed by atoms with van der Waals surface area (Å²) in [7, 11) is 1.99. The summed E-state index contributed by atoms with van der Waals surface area (Å²) in [4.78, 5) is 0. The minimum atomic E-state index is 0.157. The molecule has 1 aliphatic rings. The van der Waals surface area contributed by atoms with Crippen LogP contribution in [0.25, 0.3) is 0 Å². The van der Waals surface area contributed by atoms with Crippen molar-refractivity contribution in [3.63, 3.8) is 0 Å². The molecule has 110 valence electrons. The van der Waals surface area contributed by atoms with Crippen LogP contribution >= 0.6 is 31.9 Å². The van der Waals surface area contributed by atoms with Crippen molar-refractivity contribution in [1.29, 1.82) is 0 Å². The molecule has 1 aliphatic heterocycles. The molecule has 0 radical (unpaired) electrons. The van der Waals surface area contributed by atoms with Crippen molar-refractivity contribution < 1.29 is 4.74 Å². The van der Waals surface area contributed by atoms with Gasteiger partial charge in [-0.05, 0) is 60.8 Å². The lowest BCUT2D eigenvalue weighted by Crippen LogP contribution is -2.19. The van der Waals surface area contributed by atoms with Crippen LogP contribution in [0.5, 0.6) is 5.75 Å². The third kappa shape index (κ3) is 3.17. The molecule has 0 spiro atoms. The van der Waals surface area contributed by atoms with Crippen molar-refractivity contribution in [3.05, 3.63) is 62.0 Å². The zero-order valence-electron chi connectivity index (χ0n) is 11.8. The third-order valence-electron chi connectivity index (χ3n) is 3.82. The lowest BCUT2D eigenvalue weighted by atomic mass is 9.95. The van der Waals surface area contributed by atoms with Crippen molar-refractivity contribution in [3.8, 4) is 5.75 Å². The molecule has 1 heterocycles. The average molecular weight is 411 g/mol. The number of hydrogen-bond donors (Lipinski definition) is 1. The molecule has 0 saturated carbocycles. The van der Waals surface area contributed by atoms with Gasteiger partial charge in [-0.25, -0.2) is 0 Å². The van der Waals surface area contributed by atoms with Crippen molar-refractivity contribution in [1.82, 2.24) is 5.32 Å². The van der Waals surface area contributed by atoms with Crippen molar-refractivity contribution in [2.45, 2.75) is 18.9 Å². The summed E-state index contributed by atoms with van der Waals surface area (Å²) >= 11 is 7.22. The highest BCUT2D eigenvalue weighted by atomic mass is 79.9. The predicted octanol–water partition coefficient (Wildman–Crippen LogP) is 4.85. The molecular weight excluding hydrogens is 394 g/mol. The minimum absolute atomic E-state index is 0.157. The van der Waals surface area contributed by atoms with Crippen LogP contribution in [0.2, 0.25) is 0 Å². The molecule has 1 atom stereocenters. The maximum Gasteiger partial charge on any atom is 0.122 e. The number of benzene rings is 2. The molecule has 2 aromatic carbocycles. The fourth-order valence-electron chi connectivity index (χ4n) is 2.80. The Bertz CT molecular complexity index is 657. The van der Waals surface area contributed by atoms with E-state index in [4.69, 9.17) is 4.74 Å². The van der Waals surface area contributed by atoms with E-state index in [-0.39, 0.29) is 6.04 Å². The first-order valence-electron chi connectivity index (χ1n) is 7.07. The predicted molar refractivity (Wildman–Crippen MR) is 93.0 cm³/mol. The first-order valence-corrected chi connectivity index (χ1v) is 8.65. The average Bonchev–Trinajstić information content (AvgIpc) is 2.51. The molecule has 0 aromatic heterocycles. The second-order valence-corrected chi connectivity index (χ2v) is 6.98. The van der Waals surface area contributed by atoms with Gasteiger partial charge in [0, 0.05) is 8.95 Å². The van der Waals surface area contributed by atoms with Crippen molar-refractivity contribution >= 4 is 31.9 Å².